The second kappa shape index (κ2) is 5.08. The Morgan fingerprint density at radius 3 is 2.89 bits per heavy atom. The number of nitrogens with zero attached hydrogens (tertiary/aromatic N) is 1. The quantitative estimate of drug-likeness (QED) is 0.820. The molecule has 5 nitrogen and oxygen atoms in total. The minimum absolute atomic E-state index is 0.203. The van der Waals surface area contributed by atoms with Crippen molar-refractivity contribution in [2.45, 2.75) is 19.4 Å². The van der Waals surface area contributed by atoms with E-state index >= 15 is 0 Å². The summed E-state index contributed by atoms with van der Waals surface area (Å²) in [5.74, 6) is -1.29. The van der Waals surface area contributed by atoms with Crippen molar-refractivity contribution >= 4 is 17.6 Å². The summed E-state index contributed by atoms with van der Waals surface area (Å²) in [6, 6.07) is 7.10. The predicted octanol–water partition coefficient (Wildman–Crippen LogP) is 0.638. The number of carbonyl (C=O) groups excluding carboxylic acids is 1. The van der Waals surface area contributed by atoms with Crippen LogP contribution in [0.2, 0.25) is 0 Å². The molecular formula is C13H16N2O3. The molecule has 5 heteroatoms. The highest BCUT2D eigenvalue weighted by molar-refractivity contribution is 5.86. The summed E-state index contributed by atoms with van der Waals surface area (Å²) in [5.41, 5.74) is 2.30. The van der Waals surface area contributed by atoms with E-state index in [0.717, 1.165) is 18.7 Å². The van der Waals surface area contributed by atoms with E-state index in [0.29, 0.717) is 0 Å². The van der Waals surface area contributed by atoms with Gasteiger partial charge in [0.15, 0.2) is 0 Å². The number of benzene rings is 1. The topological polar surface area (TPSA) is 69.6 Å². The molecule has 1 aliphatic rings. The van der Waals surface area contributed by atoms with E-state index in [9.17, 15) is 9.59 Å². The van der Waals surface area contributed by atoms with Gasteiger partial charge in [-0.05, 0) is 25.0 Å². The lowest BCUT2D eigenvalue weighted by Gasteiger charge is -2.19. The maximum Gasteiger partial charge on any atom is 0.325 e. The van der Waals surface area contributed by atoms with Gasteiger partial charge in [0, 0.05) is 12.2 Å². The third kappa shape index (κ3) is 2.61. The van der Waals surface area contributed by atoms with Crippen LogP contribution in [0.25, 0.3) is 0 Å². The van der Waals surface area contributed by atoms with E-state index < -0.39 is 12.0 Å². The van der Waals surface area contributed by atoms with Gasteiger partial charge in [0.2, 0.25) is 5.91 Å². The molecule has 0 bridgehead atoms. The fourth-order valence-electron chi connectivity index (χ4n) is 2.09. The highest BCUT2D eigenvalue weighted by atomic mass is 16.4. The molecule has 1 atom stereocenters. The van der Waals surface area contributed by atoms with Crippen molar-refractivity contribution < 1.29 is 14.7 Å². The first-order valence-corrected chi connectivity index (χ1v) is 5.93. The second-order valence-electron chi connectivity index (χ2n) is 4.43. The minimum atomic E-state index is -1.02. The van der Waals surface area contributed by atoms with Crippen LogP contribution in [0.3, 0.4) is 0 Å². The predicted molar refractivity (Wildman–Crippen MR) is 67.6 cm³/mol. The molecule has 96 valence electrons. The van der Waals surface area contributed by atoms with Crippen molar-refractivity contribution in [3.8, 4) is 0 Å². The number of aliphatic carboxylic acids is 1. The fourth-order valence-corrected chi connectivity index (χ4v) is 2.09. The third-order valence-corrected chi connectivity index (χ3v) is 3.07. The largest absolute Gasteiger partial charge is 0.480 e. The lowest BCUT2D eigenvalue weighted by Crippen LogP contribution is -2.43. The zero-order valence-corrected chi connectivity index (χ0v) is 10.2. The highest BCUT2D eigenvalue weighted by Gasteiger charge is 2.22. The zero-order chi connectivity index (χ0) is 13.1. The van der Waals surface area contributed by atoms with Crippen LogP contribution in [0.1, 0.15) is 12.5 Å². The number of para-hydroxylation sites is 1. The van der Waals surface area contributed by atoms with Gasteiger partial charge < -0.3 is 15.3 Å². The molecule has 0 unspecified atom stereocenters. The average Bonchev–Trinajstić information content (AvgIpc) is 2.72. The van der Waals surface area contributed by atoms with Crippen LogP contribution in [-0.2, 0) is 16.0 Å². The first-order valence-electron chi connectivity index (χ1n) is 5.93. The number of amides is 1. The number of nitrogens with one attached hydrogen (secondary N) is 1. The van der Waals surface area contributed by atoms with Gasteiger partial charge in [-0.2, -0.15) is 0 Å². The summed E-state index contributed by atoms with van der Waals surface area (Å²) in [7, 11) is 0. The Bertz CT molecular complexity index is 473. The maximum absolute atomic E-state index is 11.7. The molecular weight excluding hydrogens is 232 g/mol. The summed E-state index contributed by atoms with van der Waals surface area (Å²) < 4.78 is 0. The minimum Gasteiger partial charge on any atom is -0.480 e. The van der Waals surface area contributed by atoms with Crippen LogP contribution in [0, 0.1) is 0 Å². The molecule has 1 aliphatic heterocycles. The smallest absolute Gasteiger partial charge is 0.325 e. The van der Waals surface area contributed by atoms with Crippen LogP contribution in [0.5, 0.6) is 0 Å². The Morgan fingerprint density at radius 2 is 2.17 bits per heavy atom. The standard InChI is InChI=1S/C13H16N2O3/c1-9(13(17)18)14-12(16)8-15-7-6-10-4-2-3-5-11(10)15/h2-5,9H,6-8H2,1H3,(H,14,16)(H,17,18)/t9-/m1/s1. The summed E-state index contributed by atoms with van der Waals surface area (Å²) in [4.78, 5) is 24.3. The fraction of sp³-hybridized carbons (Fsp3) is 0.385. The highest BCUT2D eigenvalue weighted by Crippen LogP contribution is 2.26. The number of fused-ring (bicyclic) bond motifs is 1. The van der Waals surface area contributed by atoms with Crippen molar-refractivity contribution in [3.05, 3.63) is 29.8 Å². The molecule has 2 rings (SSSR count). The zero-order valence-electron chi connectivity index (χ0n) is 10.2. The Kier molecular flexibility index (Phi) is 3.50. The molecule has 0 aliphatic carbocycles. The summed E-state index contributed by atoms with van der Waals surface area (Å²) in [6.45, 7) is 2.46. The normalized spacial score (nSPS) is 15.1. The Morgan fingerprint density at radius 1 is 1.44 bits per heavy atom. The SMILES string of the molecule is C[C@@H](NC(=O)CN1CCc2ccccc21)C(=O)O. The monoisotopic (exact) mass is 248 g/mol. The van der Waals surface area contributed by atoms with Gasteiger partial charge in [-0.25, -0.2) is 0 Å². The molecule has 1 aromatic rings. The Labute approximate surface area is 105 Å². The van der Waals surface area contributed by atoms with E-state index in [2.05, 4.69) is 5.32 Å². The van der Waals surface area contributed by atoms with Gasteiger partial charge in [-0.3, -0.25) is 9.59 Å². The van der Waals surface area contributed by atoms with E-state index in [1.165, 1.54) is 12.5 Å². The first-order chi connectivity index (χ1) is 8.58. The summed E-state index contributed by atoms with van der Waals surface area (Å²) in [6.07, 6.45) is 0.929. The molecule has 0 saturated carbocycles. The first kappa shape index (κ1) is 12.4. The van der Waals surface area contributed by atoms with Gasteiger partial charge in [0.1, 0.15) is 6.04 Å². The summed E-state index contributed by atoms with van der Waals surface area (Å²) in [5, 5.41) is 11.2. The van der Waals surface area contributed by atoms with Crippen LogP contribution in [-0.4, -0.2) is 36.1 Å². The molecule has 0 fully saturated rings. The number of carboxylic acid groups (broad SMARTS) is 1. The van der Waals surface area contributed by atoms with Crippen molar-refractivity contribution in [3.63, 3.8) is 0 Å². The van der Waals surface area contributed by atoms with Gasteiger partial charge in [-0.1, -0.05) is 18.2 Å². The second-order valence-corrected chi connectivity index (χ2v) is 4.43. The molecule has 0 spiro atoms. The molecule has 18 heavy (non-hydrogen) atoms. The number of carbonyl (C=O) groups is 2. The maximum atomic E-state index is 11.7. The Balaban J connectivity index is 1.96. The number of rotatable bonds is 4. The number of hydrogen-bond acceptors (Lipinski definition) is 3. The van der Waals surface area contributed by atoms with E-state index in [1.807, 2.05) is 29.2 Å². The van der Waals surface area contributed by atoms with Crippen molar-refractivity contribution in [1.82, 2.24) is 5.32 Å². The van der Waals surface area contributed by atoms with Crippen LogP contribution in [0.15, 0.2) is 24.3 Å². The third-order valence-electron chi connectivity index (χ3n) is 3.07. The average molecular weight is 248 g/mol. The summed E-state index contributed by atoms with van der Waals surface area (Å²) >= 11 is 0. The molecule has 1 heterocycles. The van der Waals surface area contributed by atoms with Gasteiger partial charge in [0.25, 0.3) is 0 Å². The van der Waals surface area contributed by atoms with Crippen molar-refractivity contribution in [2.24, 2.45) is 0 Å². The molecule has 0 saturated heterocycles. The van der Waals surface area contributed by atoms with Gasteiger partial charge in [-0.15, -0.1) is 0 Å². The van der Waals surface area contributed by atoms with Crippen LogP contribution >= 0.6 is 0 Å². The number of hydrogen-bond donors (Lipinski definition) is 2. The van der Waals surface area contributed by atoms with Gasteiger partial charge in [0.05, 0.1) is 6.54 Å². The Hall–Kier alpha value is -2.04. The lowest BCUT2D eigenvalue weighted by atomic mass is 10.2. The molecule has 0 aromatic heterocycles. The number of anilines is 1. The molecule has 1 amide bonds. The molecule has 1 aromatic carbocycles. The number of carboxylic acids is 1. The van der Waals surface area contributed by atoms with Crippen LogP contribution < -0.4 is 10.2 Å². The van der Waals surface area contributed by atoms with Crippen molar-refractivity contribution in [2.75, 3.05) is 18.0 Å². The van der Waals surface area contributed by atoms with Crippen molar-refractivity contribution in [1.29, 1.82) is 0 Å². The van der Waals surface area contributed by atoms with Crippen LogP contribution in [0.4, 0.5) is 5.69 Å². The van der Waals surface area contributed by atoms with E-state index in [4.69, 9.17) is 5.11 Å². The van der Waals surface area contributed by atoms with E-state index in [-0.39, 0.29) is 12.5 Å². The molecule has 2 N–H and O–H groups in total. The van der Waals surface area contributed by atoms with E-state index in [1.54, 1.807) is 0 Å². The van der Waals surface area contributed by atoms with Gasteiger partial charge >= 0.3 is 5.97 Å². The lowest BCUT2D eigenvalue weighted by molar-refractivity contribution is -0.141. The molecule has 0 radical (unpaired) electrons.